The van der Waals surface area contributed by atoms with Crippen molar-refractivity contribution in [3.63, 3.8) is 0 Å². The number of aryl methyl sites for hydroxylation is 1. The van der Waals surface area contributed by atoms with Crippen LogP contribution in [0.5, 0.6) is 5.75 Å². The molecule has 0 aromatic heterocycles. The van der Waals surface area contributed by atoms with Crippen molar-refractivity contribution >= 4 is 5.91 Å². The molecule has 4 heteroatoms. The van der Waals surface area contributed by atoms with Crippen molar-refractivity contribution in [2.75, 3.05) is 7.11 Å². The van der Waals surface area contributed by atoms with Gasteiger partial charge in [0, 0.05) is 0 Å². The summed E-state index contributed by atoms with van der Waals surface area (Å²) in [7, 11) is 1.40. The molecule has 0 heterocycles. The third-order valence-corrected chi connectivity index (χ3v) is 1.82. The van der Waals surface area contributed by atoms with Crippen LogP contribution in [0.15, 0.2) is 12.1 Å². The molecule has 0 aliphatic carbocycles. The van der Waals surface area contributed by atoms with Gasteiger partial charge in [0.05, 0.1) is 18.2 Å². The summed E-state index contributed by atoms with van der Waals surface area (Å²) >= 11 is 0. The summed E-state index contributed by atoms with van der Waals surface area (Å²) < 4.78 is 4.96. The molecule has 1 aromatic rings. The third-order valence-electron chi connectivity index (χ3n) is 1.82. The third kappa shape index (κ3) is 1.67. The first-order valence-electron chi connectivity index (χ1n) is 3.98. The Hall–Kier alpha value is -2.02. The fourth-order valence-electron chi connectivity index (χ4n) is 1.26. The largest absolute Gasteiger partial charge is 0.495 e. The maximum atomic E-state index is 11.0. The molecular weight excluding hydrogens is 180 g/mol. The Morgan fingerprint density at radius 3 is 2.64 bits per heavy atom. The van der Waals surface area contributed by atoms with Crippen LogP contribution in [0.25, 0.3) is 0 Å². The highest BCUT2D eigenvalue weighted by Gasteiger charge is 2.13. The molecule has 0 fully saturated rings. The molecule has 0 spiro atoms. The lowest BCUT2D eigenvalue weighted by molar-refractivity contribution is 0.0997. The Bertz CT molecular complexity index is 419. The number of amides is 1. The standard InChI is InChI=1S/C10H10N2O2/c1-6-3-7(5-11)9(14-2)8(4-6)10(12)13/h3-4H,1-2H3,(H2,12,13). The molecule has 0 aliphatic heterocycles. The van der Waals surface area contributed by atoms with Crippen LogP contribution in [0.3, 0.4) is 0 Å². The Morgan fingerprint density at radius 2 is 2.21 bits per heavy atom. The average Bonchev–Trinajstić information content (AvgIpc) is 2.16. The Morgan fingerprint density at radius 1 is 1.57 bits per heavy atom. The second-order valence-corrected chi connectivity index (χ2v) is 2.87. The summed E-state index contributed by atoms with van der Waals surface area (Å²) in [5, 5.41) is 8.80. The molecule has 2 N–H and O–H groups in total. The molecule has 72 valence electrons. The van der Waals surface area contributed by atoms with Crippen LogP contribution in [0, 0.1) is 18.3 Å². The molecule has 1 aromatic carbocycles. The lowest BCUT2D eigenvalue weighted by Gasteiger charge is -2.08. The van der Waals surface area contributed by atoms with Gasteiger partial charge in [0.1, 0.15) is 11.8 Å². The molecular formula is C10H10N2O2. The van der Waals surface area contributed by atoms with Gasteiger partial charge in [0.2, 0.25) is 0 Å². The van der Waals surface area contributed by atoms with Gasteiger partial charge in [-0.2, -0.15) is 5.26 Å². The van der Waals surface area contributed by atoms with Crippen molar-refractivity contribution in [3.8, 4) is 11.8 Å². The molecule has 0 aliphatic rings. The SMILES string of the molecule is COc1c(C#N)cc(C)cc1C(N)=O. The zero-order valence-corrected chi connectivity index (χ0v) is 8.00. The monoisotopic (exact) mass is 190 g/mol. The highest BCUT2D eigenvalue weighted by atomic mass is 16.5. The summed E-state index contributed by atoms with van der Waals surface area (Å²) in [5.74, 6) is -0.354. The van der Waals surface area contributed by atoms with Crippen molar-refractivity contribution in [3.05, 3.63) is 28.8 Å². The molecule has 0 atom stereocenters. The minimum Gasteiger partial charge on any atom is -0.495 e. The number of hydrogen-bond donors (Lipinski definition) is 1. The minimum absolute atomic E-state index is 0.240. The smallest absolute Gasteiger partial charge is 0.252 e. The van der Waals surface area contributed by atoms with E-state index in [-0.39, 0.29) is 11.3 Å². The lowest BCUT2D eigenvalue weighted by Crippen LogP contribution is -2.13. The number of hydrogen-bond acceptors (Lipinski definition) is 3. The van der Waals surface area contributed by atoms with E-state index in [1.165, 1.54) is 7.11 Å². The Balaban J connectivity index is 3.49. The van der Waals surface area contributed by atoms with Crippen LogP contribution < -0.4 is 10.5 Å². The maximum absolute atomic E-state index is 11.0. The molecule has 0 saturated heterocycles. The van der Waals surface area contributed by atoms with Crippen LogP contribution in [-0.4, -0.2) is 13.0 Å². The molecule has 0 unspecified atom stereocenters. The first-order valence-corrected chi connectivity index (χ1v) is 3.98. The van der Waals surface area contributed by atoms with Crippen LogP contribution >= 0.6 is 0 Å². The van der Waals surface area contributed by atoms with E-state index in [9.17, 15) is 4.79 Å². The van der Waals surface area contributed by atoms with Gasteiger partial charge in [-0.3, -0.25) is 4.79 Å². The minimum atomic E-state index is -0.595. The zero-order chi connectivity index (χ0) is 10.7. The van der Waals surface area contributed by atoms with Gasteiger partial charge in [-0.05, 0) is 24.6 Å². The van der Waals surface area contributed by atoms with Crippen LogP contribution in [0.2, 0.25) is 0 Å². The first kappa shape index (κ1) is 10.1. The first-order chi connectivity index (χ1) is 6.60. The number of ether oxygens (including phenoxy) is 1. The van der Waals surface area contributed by atoms with Gasteiger partial charge >= 0.3 is 0 Å². The number of nitrogens with two attached hydrogens (primary N) is 1. The van der Waals surface area contributed by atoms with Gasteiger partial charge in [0.25, 0.3) is 5.91 Å². The quantitative estimate of drug-likeness (QED) is 0.755. The predicted octanol–water partition coefficient (Wildman–Crippen LogP) is 0.974. The van der Waals surface area contributed by atoms with Crippen LogP contribution in [0.4, 0.5) is 0 Å². The Kier molecular flexibility index (Phi) is 2.73. The topological polar surface area (TPSA) is 76.1 Å². The number of nitriles is 1. The van der Waals surface area contributed by atoms with Gasteiger partial charge in [-0.15, -0.1) is 0 Å². The molecule has 1 amide bonds. The van der Waals surface area contributed by atoms with Gasteiger partial charge in [-0.1, -0.05) is 0 Å². The number of carbonyl (C=O) groups excluding carboxylic acids is 1. The normalized spacial score (nSPS) is 9.21. The number of rotatable bonds is 2. The summed E-state index contributed by atoms with van der Waals surface area (Å²) in [6.45, 7) is 1.78. The van der Waals surface area contributed by atoms with E-state index in [0.29, 0.717) is 5.56 Å². The second-order valence-electron chi connectivity index (χ2n) is 2.87. The Labute approximate surface area is 81.9 Å². The highest BCUT2D eigenvalue weighted by molar-refractivity contribution is 5.96. The number of benzene rings is 1. The van der Waals surface area contributed by atoms with Crippen molar-refractivity contribution in [1.82, 2.24) is 0 Å². The van der Waals surface area contributed by atoms with Crippen LogP contribution in [0.1, 0.15) is 21.5 Å². The molecule has 14 heavy (non-hydrogen) atoms. The average molecular weight is 190 g/mol. The number of nitrogens with zero attached hydrogens (tertiary/aromatic N) is 1. The molecule has 0 bridgehead atoms. The lowest BCUT2D eigenvalue weighted by atomic mass is 10.0. The molecule has 0 radical (unpaired) electrons. The molecule has 1 rings (SSSR count). The van der Waals surface area contributed by atoms with E-state index < -0.39 is 5.91 Å². The zero-order valence-electron chi connectivity index (χ0n) is 8.00. The van der Waals surface area contributed by atoms with Gasteiger partial charge in [0.15, 0.2) is 0 Å². The summed E-state index contributed by atoms with van der Waals surface area (Å²) in [5.41, 5.74) is 6.52. The predicted molar refractivity (Wildman–Crippen MR) is 51.0 cm³/mol. The van der Waals surface area contributed by atoms with E-state index >= 15 is 0 Å². The summed E-state index contributed by atoms with van der Waals surface area (Å²) in [4.78, 5) is 11.0. The van der Waals surface area contributed by atoms with E-state index in [1.54, 1.807) is 19.1 Å². The van der Waals surface area contributed by atoms with Crippen molar-refractivity contribution in [2.24, 2.45) is 5.73 Å². The summed E-state index contributed by atoms with van der Waals surface area (Å²) in [6.07, 6.45) is 0. The van der Waals surface area contributed by atoms with Crippen molar-refractivity contribution in [2.45, 2.75) is 6.92 Å². The fourth-order valence-corrected chi connectivity index (χ4v) is 1.26. The van der Waals surface area contributed by atoms with Crippen LogP contribution in [-0.2, 0) is 0 Å². The maximum Gasteiger partial charge on any atom is 0.252 e. The molecule has 4 nitrogen and oxygen atoms in total. The highest BCUT2D eigenvalue weighted by Crippen LogP contribution is 2.24. The van der Waals surface area contributed by atoms with E-state index in [4.69, 9.17) is 15.7 Å². The van der Waals surface area contributed by atoms with Crippen molar-refractivity contribution in [1.29, 1.82) is 5.26 Å². The van der Waals surface area contributed by atoms with E-state index in [2.05, 4.69) is 0 Å². The fraction of sp³-hybridized carbons (Fsp3) is 0.200. The summed E-state index contributed by atoms with van der Waals surface area (Å²) in [6, 6.07) is 5.19. The number of carbonyl (C=O) groups is 1. The number of primary amides is 1. The molecule has 0 saturated carbocycles. The van der Waals surface area contributed by atoms with E-state index in [0.717, 1.165) is 5.56 Å². The van der Waals surface area contributed by atoms with Gasteiger partial charge in [-0.25, -0.2) is 0 Å². The number of methoxy groups -OCH3 is 1. The van der Waals surface area contributed by atoms with Gasteiger partial charge < -0.3 is 10.5 Å². The van der Waals surface area contributed by atoms with Crippen molar-refractivity contribution < 1.29 is 9.53 Å². The second kappa shape index (κ2) is 3.79. The van der Waals surface area contributed by atoms with E-state index in [1.807, 2.05) is 6.07 Å².